The normalized spacial score (nSPS) is 19.0. The van der Waals surface area contributed by atoms with Crippen LogP contribution >= 0.6 is 11.6 Å². The molecule has 0 spiro atoms. The number of nitrogens with zero attached hydrogens (tertiary/aromatic N) is 2. The van der Waals surface area contributed by atoms with Gasteiger partial charge in [0, 0.05) is 30.2 Å². The van der Waals surface area contributed by atoms with Crippen LogP contribution in [0.4, 0.5) is 11.4 Å². The molecule has 2 aromatic rings. The van der Waals surface area contributed by atoms with Crippen LogP contribution in [0, 0.1) is 5.92 Å². The molecule has 26 heavy (non-hydrogen) atoms. The van der Waals surface area contributed by atoms with E-state index in [1.165, 1.54) is 5.56 Å². The van der Waals surface area contributed by atoms with E-state index in [-0.39, 0.29) is 24.2 Å². The highest BCUT2D eigenvalue weighted by Crippen LogP contribution is 2.37. The minimum atomic E-state index is -0.364. The third-order valence-electron chi connectivity index (χ3n) is 5.06. The summed E-state index contributed by atoms with van der Waals surface area (Å²) in [5, 5.41) is 0.525. The zero-order chi connectivity index (χ0) is 18.3. The van der Waals surface area contributed by atoms with Gasteiger partial charge in [0.05, 0.1) is 18.7 Å². The Morgan fingerprint density at radius 3 is 2.81 bits per heavy atom. The molecule has 6 heteroatoms. The van der Waals surface area contributed by atoms with Gasteiger partial charge in [-0.3, -0.25) is 9.59 Å². The summed E-state index contributed by atoms with van der Waals surface area (Å²) in [6.45, 7) is 1.01. The number of anilines is 2. The van der Waals surface area contributed by atoms with Crippen molar-refractivity contribution < 1.29 is 14.3 Å². The number of hydrogen-bond donors (Lipinski definition) is 0. The summed E-state index contributed by atoms with van der Waals surface area (Å²) in [5.41, 5.74) is 2.75. The summed E-state index contributed by atoms with van der Waals surface area (Å²) < 4.78 is 5.36. The highest BCUT2D eigenvalue weighted by Gasteiger charge is 2.39. The highest BCUT2D eigenvalue weighted by molar-refractivity contribution is 6.31. The summed E-state index contributed by atoms with van der Waals surface area (Å²) in [5.74, 6) is 0.128. The molecule has 5 nitrogen and oxygen atoms in total. The van der Waals surface area contributed by atoms with Crippen LogP contribution in [0.1, 0.15) is 12.0 Å². The first-order valence-electron chi connectivity index (χ1n) is 8.61. The van der Waals surface area contributed by atoms with Crippen molar-refractivity contribution in [2.75, 3.05) is 30.0 Å². The number of carbonyl (C=O) groups is 2. The Labute approximate surface area is 157 Å². The number of benzene rings is 2. The van der Waals surface area contributed by atoms with Gasteiger partial charge in [0.2, 0.25) is 11.8 Å². The van der Waals surface area contributed by atoms with Gasteiger partial charge < -0.3 is 14.5 Å². The predicted molar refractivity (Wildman–Crippen MR) is 101 cm³/mol. The molecule has 1 fully saturated rings. The molecule has 2 aromatic carbocycles. The lowest BCUT2D eigenvalue weighted by atomic mass is 10.1. The SMILES string of the molecule is COc1ccc(Cl)cc1N1CC(C(=O)N2CCc3ccccc32)CC1=O. The number of rotatable bonds is 3. The third kappa shape index (κ3) is 2.82. The van der Waals surface area contributed by atoms with Gasteiger partial charge in [-0.2, -0.15) is 0 Å². The van der Waals surface area contributed by atoms with Crippen LogP contribution in [0.2, 0.25) is 5.02 Å². The summed E-state index contributed by atoms with van der Waals surface area (Å²) in [4.78, 5) is 29.0. The van der Waals surface area contributed by atoms with Crippen molar-refractivity contribution in [2.45, 2.75) is 12.8 Å². The fraction of sp³-hybridized carbons (Fsp3) is 0.300. The van der Waals surface area contributed by atoms with E-state index in [2.05, 4.69) is 0 Å². The van der Waals surface area contributed by atoms with Gasteiger partial charge in [-0.1, -0.05) is 29.8 Å². The van der Waals surface area contributed by atoms with Crippen molar-refractivity contribution in [3.05, 3.63) is 53.1 Å². The quantitative estimate of drug-likeness (QED) is 0.833. The minimum absolute atomic E-state index is 0.00629. The van der Waals surface area contributed by atoms with Crippen molar-refractivity contribution in [2.24, 2.45) is 5.92 Å². The van der Waals surface area contributed by atoms with E-state index in [0.717, 1.165) is 12.1 Å². The van der Waals surface area contributed by atoms with Crippen LogP contribution in [-0.2, 0) is 16.0 Å². The molecule has 2 aliphatic rings. The van der Waals surface area contributed by atoms with Crippen LogP contribution in [0.15, 0.2) is 42.5 Å². The summed E-state index contributed by atoms with van der Waals surface area (Å²) in [6, 6.07) is 13.1. The van der Waals surface area contributed by atoms with Crippen LogP contribution < -0.4 is 14.5 Å². The lowest BCUT2D eigenvalue weighted by Crippen LogP contribution is -2.36. The van der Waals surface area contributed by atoms with Crippen LogP contribution in [-0.4, -0.2) is 32.0 Å². The molecule has 134 valence electrons. The van der Waals surface area contributed by atoms with E-state index in [0.29, 0.717) is 29.5 Å². The van der Waals surface area contributed by atoms with Gasteiger partial charge in [0.25, 0.3) is 0 Å². The molecule has 1 unspecified atom stereocenters. The zero-order valence-electron chi connectivity index (χ0n) is 14.4. The first-order chi connectivity index (χ1) is 12.6. The van der Waals surface area contributed by atoms with Gasteiger partial charge >= 0.3 is 0 Å². The average Bonchev–Trinajstić information content (AvgIpc) is 3.25. The highest BCUT2D eigenvalue weighted by atomic mass is 35.5. The molecule has 0 aliphatic carbocycles. The molecule has 4 rings (SSSR count). The third-order valence-corrected chi connectivity index (χ3v) is 5.29. The number of amides is 2. The molecule has 0 bridgehead atoms. The number of methoxy groups -OCH3 is 1. The summed E-state index contributed by atoms with van der Waals surface area (Å²) >= 11 is 6.09. The smallest absolute Gasteiger partial charge is 0.232 e. The second kappa shape index (κ2) is 6.65. The predicted octanol–water partition coefficient (Wildman–Crippen LogP) is 3.29. The summed E-state index contributed by atoms with van der Waals surface area (Å²) in [7, 11) is 1.55. The number of para-hydroxylation sites is 1. The second-order valence-electron chi connectivity index (χ2n) is 6.59. The molecular weight excluding hydrogens is 352 g/mol. The van der Waals surface area contributed by atoms with Gasteiger partial charge in [0.1, 0.15) is 5.75 Å². The Morgan fingerprint density at radius 2 is 2.00 bits per heavy atom. The van der Waals surface area contributed by atoms with Crippen molar-refractivity contribution in [3.63, 3.8) is 0 Å². The lowest BCUT2D eigenvalue weighted by Gasteiger charge is -2.22. The largest absolute Gasteiger partial charge is 0.495 e. The van der Waals surface area contributed by atoms with E-state index < -0.39 is 0 Å². The Morgan fingerprint density at radius 1 is 1.19 bits per heavy atom. The maximum Gasteiger partial charge on any atom is 0.232 e. The number of carbonyl (C=O) groups excluding carboxylic acids is 2. The van der Waals surface area contributed by atoms with Gasteiger partial charge in [-0.25, -0.2) is 0 Å². The Balaban J connectivity index is 1.57. The van der Waals surface area contributed by atoms with Gasteiger partial charge in [-0.15, -0.1) is 0 Å². The average molecular weight is 371 g/mol. The first-order valence-corrected chi connectivity index (χ1v) is 8.99. The van der Waals surface area contributed by atoms with E-state index in [1.807, 2.05) is 29.2 Å². The maximum atomic E-state index is 13.0. The molecule has 2 amide bonds. The molecule has 0 N–H and O–H groups in total. The fourth-order valence-corrected chi connectivity index (χ4v) is 3.93. The summed E-state index contributed by atoms with van der Waals surface area (Å²) in [6.07, 6.45) is 1.06. The molecular formula is C20H19ClN2O3. The second-order valence-corrected chi connectivity index (χ2v) is 7.03. The lowest BCUT2D eigenvalue weighted by molar-refractivity contribution is -0.124. The van der Waals surface area contributed by atoms with Crippen molar-refractivity contribution in [3.8, 4) is 5.75 Å². The Hall–Kier alpha value is -2.53. The standard InChI is InChI=1S/C20H19ClN2O3/c1-26-18-7-6-15(21)11-17(18)23-12-14(10-19(23)24)20(25)22-9-8-13-4-2-3-5-16(13)22/h2-7,11,14H,8-10,12H2,1H3. The molecule has 2 heterocycles. The van der Waals surface area contributed by atoms with Crippen molar-refractivity contribution in [1.82, 2.24) is 0 Å². The molecule has 0 radical (unpaired) electrons. The number of ether oxygens (including phenoxy) is 1. The number of fused-ring (bicyclic) bond motifs is 1. The molecule has 0 saturated carbocycles. The first kappa shape index (κ1) is 16.9. The van der Waals surface area contributed by atoms with E-state index in [9.17, 15) is 9.59 Å². The number of hydrogen-bond acceptors (Lipinski definition) is 3. The topological polar surface area (TPSA) is 49.9 Å². The van der Waals surface area contributed by atoms with Crippen LogP contribution in [0.5, 0.6) is 5.75 Å². The Kier molecular flexibility index (Phi) is 4.32. The molecule has 1 atom stereocenters. The fourth-order valence-electron chi connectivity index (χ4n) is 3.77. The van der Waals surface area contributed by atoms with E-state index in [4.69, 9.17) is 16.3 Å². The van der Waals surface area contributed by atoms with E-state index >= 15 is 0 Å². The Bertz CT molecular complexity index is 883. The van der Waals surface area contributed by atoms with Gasteiger partial charge in [0.15, 0.2) is 0 Å². The maximum absolute atomic E-state index is 13.0. The molecule has 1 saturated heterocycles. The molecule has 2 aliphatic heterocycles. The van der Waals surface area contributed by atoms with Gasteiger partial charge in [-0.05, 0) is 36.2 Å². The zero-order valence-corrected chi connectivity index (χ0v) is 15.2. The molecule has 0 aromatic heterocycles. The van der Waals surface area contributed by atoms with Crippen molar-refractivity contribution >= 4 is 34.8 Å². The van der Waals surface area contributed by atoms with Crippen LogP contribution in [0.3, 0.4) is 0 Å². The van der Waals surface area contributed by atoms with Crippen molar-refractivity contribution in [1.29, 1.82) is 0 Å². The monoisotopic (exact) mass is 370 g/mol. The van der Waals surface area contributed by atoms with Crippen LogP contribution in [0.25, 0.3) is 0 Å². The van der Waals surface area contributed by atoms with E-state index in [1.54, 1.807) is 30.2 Å². The number of halogens is 1. The minimum Gasteiger partial charge on any atom is -0.495 e.